The zero-order valence-electron chi connectivity index (χ0n) is 7.80. The first kappa shape index (κ1) is 8.99. The number of Topliss-reactive ketones (excluding diaryl/α,β-unsaturated/α-hetero) is 1. The molecule has 14 heavy (non-hydrogen) atoms. The van der Waals surface area contributed by atoms with Crippen LogP contribution >= 0.6 is 0 Å². The highest BCUT2D eigenvalue weighted by Gasteiger charge is 2.23. The van der Waals surface area contributed by atoms with Crippen molar-refractivity contribution in [2.24, 2.45) is 5.73 Å². The summed E-state index contributed by atoms with van der Waals surface area (Å²) in [6.07, 6.45) is 4.76. The van der Waals surface area contributed by atoms with Gasteiger partial charge < -0.3 is 10.7 Å². The summed E-state index contributed by atoms with van der Waals surface area (Å²) in [7, 11) is 0. The predicted octanol–water partition coefficient (Wildman–Crippen LogP) is 1.02. The van der Waals surface area contributed by atoms with Crippen molar-refractivity contribution in [2.45, 2.75) is 25.7 Å². The monoisotopic (exact) mass is 192 g/mol. The number of aromatic amines is 1. The van der Waals surface area contributed by atoms with Gasteiger partial charge in [0.15, 0.2) is 5.78 Å². The van der Waals surface area contributed by atoms with Crippen molar-refractivity contribution < 1.29 is 9.59 Å². The number of nitrogens with two attached hydrogens (primary N) is 1. The molecule has 1 aliphatic rings. The summed E-state index contributed by atoms with van der Waals surface area (Å²) >= 11 is 0. The molecule has 0 spiro atoms. The maximum Gasteiger partial charge on any atom is 0.250 e. The molecule has 0 radical (unpaired) electrons. The highest BCUT2D eigenvalue weighted by Crippen LogP contribution is 2.22. The highest BCUT2D eigenvalue weighted by molar-refractivity contribution is 6.08. The summed E-state index contributed by atoms with van der Waals surface area (Å²) in [5, 5.41) is 0. The first-order valence-electron chi connectivity index (χ1n) is 4.73. The van der Waals surface area contributed by atoms with Crippen LogP contribution in [0.15, 0.2) is 6.20 Å². The van der Waals surface area contributed by atoms with Gasteiger partial charge in [0.05, 0.1) is 11.1 Å². The van der Waals surface area contributed by atoms with Crippen molar-refractivity contribution in [3.05, 3.63) is 23.0 Å². The number of hydrogen-bond acceptors (Lipinski definition) is 2. The van der Waals surface area contributed by atoms with Gasteiger partial charge in [-0.25, -0.2) is 0 Å². The summed E-state index contributed by atoms with van der Waals surface area (Å²) < 4.78 is 0. The largest absolute Gasteiger partial charge is 0.366 e. The van der Waals surface area contributed by atoms with Crippen molar-refractivity contribution >= 4 is 11.7 Å². The minimum Gasteiger partial charge on any atom is -0.366 e. The van der Waals surface area contributed by atoms with E-state index in [1.165, 1.54) is 6.20 Å². The molecular formula is C10H12N2O2. The first-order chi connectivity index (χ1) is 6.70. The minimum atomic E-state index is -0.530. The maximum absolute atomic E-state index is 11.7. The van der Waals surface area contributed by atoms with E-state index < -0.39 is 5.91 Å². The minimum absolute atomic E-state index is 0.0348. The number of primary amides is 1. The van der Waals surface area contributed by atoms with Crippen molar-refractivity contribution in [1.29, 1.82) is 0 Å². The lowest BCUT2D eigenvalue weighted by molar-refractivity contribution is 0.0958. The third-order valence-corrected chi connectivity index (χ3v) is 2.59. The standard InChI is InChI=1S/C10H12N2O2/c11-10(14)6-5-12-7-3-1-2-4-8(13)9(6)7/h5,12H,1-4H2,(H2,11,14). The Kier molecular flexibility index (Phi) is 2.11. The topological polar surface area (TPSA) is 76.0 Å². The molecule has 0 fully saturated rings. The van der Waals surface area contributed by atoms with Crippen LogP contribution in [0.5, 0.6) is 0 Å². The van der Waals surface area contributed by atoms with E-state index in [9.17, 15) is 9.59 Å². The van der Waals surface area contributed by atoms with Crippen LogP contribution in [-0.2, 0) is 6.42 Å². The fourth-order valence-corrected chi connectivity index (χ4v) is 1.89. The fourth-order valence-electron chi connectivity index (χ4n) is 1.89. The van der Waals surface area contributed by atoms with Crippen LogP contribution in [-0.4, -0.2) is 16.7 Å². The van der Waals surface area contributed by atoms with E-state index in [1.54, 1.807) is 0 Å². The quantitative estimate of drug-likeness (QED) is 0.652. The molecular weight excluding hydrogens is 180 g/mol. The number of amides is 1. The van der Waals surface area contributed by atoms with Crippen molar-refractivity contribution in [3.8, 4) is 0 Å². The van der Waals surface area contributed by atoms with Crippen LogP contribution in [0.4, 0.5) is 0 Å². The molecule has 3 N–H and O–H groups in total. The Morgan fingerprint density at radius 1 is 1.36 bits per heavy atom. The van der Waals surface area contributed by atoms with Gasteiger partial charge in [-0.2, -0.15) is 0 Å². The Balaban J connectivity index is 2.52. The van der Waals surface area contributed by atoms with E-state index >= 15 is 0 Å². The molecule has 1 aliphatic carbocycles. The second kappa shape index (κ2) is 3.29. The second-order valence-corrected chi connectivity index (χ2v) is 3.55. The van der Waals surface area contributed by atoms with Gasteiger partial charge in [0, 0.05) is 18.3 Å². The summed E-state index contributed by atoms with van der Waals surface area (Å²) in [6.45, 7) is 0. The average molecular weight is 192 g/mol. The van der Waals surface area contributed by atoms with E-state index in [0.29, 0.717) is 17.5 Å². The van der Waals surface area contributed by atoms with Crippen LogP contribution in [0.25, 0.3) is 0 Å². The number of hydrogen-bond donors (Lipinski definition) is 2. The molecule has 2 rings (SSSR count). The predicted molar refractivity (Wildman–Crippen MR) is 51.2 cm³/mol. The molecule has 4 nitrogen and oxygen atoms in total. The average Bonchev–Trinajstić information content (AvgIpc) is 2.48. The molecule has 0 aromatic carbocycles. The zero-order chi connectivity index (χ0) is 10.1. The SMILES string of the molecule is NC(=O)c1c[nH]c2c1C(=O)CCCC2. The fraction of sp³-hybridized carbons (Fsp3) is 0.400. The molecule has 0 saturated heterocycles. The number of fused-ring (bicyclic) bond motifs is 1. The number of rotatable bonds is 1. The molecule has 0 unspecified atom stereocenters. The van der Waals surface area contributed by atoms with Crippen molar-refractivity contribution in [2.75, 3.05) is 0 Å². The molecule has 1 aromatic heterocycles. The third kappa shape index (κ3) is 1.32. The zero-order valence-corrected chi connectivity index (χ0v) is 7.80. The van der Waals surface area contributed by atoms with Gasteiger partial charge in [0.2, 0.25) is 0 Å². The van der Waals surface area contributed by atoms with Gasteiger partial charge in [-0.15, -0.1) is 0 Å². The van der Waals surface area contributed by atoms with Gasteiger partial charge in [0.1, 0.15) is 0 Å². The van der Waals surface area contributed by atoms with Gasteiger partial charge >= 0.3 is 0 Å². The van der Waals surface area contributed by atoms with Gasteiger partial charge in [0.25, 0.3) is 5.91 Å². The Morgan fingerprint density at radius 3 is 2.79 bits per heavy atom. The Morgan fingerprint density at radius 2 is 2.07 bits per heavy atom. The van der Waals surface area contributed by atoms with Gasteiger partial charge in [-0.3, -0.25) is 9.59 Å². The molecule has 1 amide bonds. The van der Waals surface area contributed by atoms with Crippen LogP contribution in [0.3, 0.4) is 0 Å². The normalized spacial score (nSPS) is 16.1. The molecule has 4 heteroatoms. The summed E-state index contributed by atoms with van der Waals surface area (Å²) in [6, 6.07) is 0. The number of ketones is 1. The van der Waals surface area contributed by atoms with Crippen LogP contribution < -0.4 is 5.73 Å². The summed E-state index contributed by atoms with van der Waals surface area (Å²) in [5.41, 5.74) is 6.91. The van der Waals surface area contributed by atoms with Crippen LogP contribution in [0.1, 0.15) is 45.7 Å². The number of carbonyl (C=O) groups excluding carboxylic acids is 2. The van der Waals surface area contributed by atoms with Gasteiger partial charge in [-0.05, 0) is 19.3 Å². The molecule has 0 bridgehead atoms. The van der Waals surface area contributed by atoms with Crippen molar-refractivity contribution in [1.82, 2.24) is 4.98 Å². The Bertz CT molecular complexity index is 393. The van der Waals surface area contributed by atoms with E-state index in [-0.39, 0.29) is 5.78 Å². The smallest absolute Gasteiger partial charge is 0.250 e. The molecule has 0 saturated carbocycles. The molecule has 0 atom stereocenters. The lowest BCUT2D eigenvalue weighted by Crippen LogP contribution is -2.14. The number of aryl methyl sites for hydroxylation is 1. The second-order valence-electron chi connectivity index (χ2n) is 3.55. The third-order valence-electron chi connectivity index (χ3n) is 2.59. The summed E-state index contributed by atoms with van der Waals surface area (Å²) in [4.78, 5) is 25.7. The lowest BCUT2D eigenvalue weighted by atomic mass is 10.0. The van der Waals surface area contributed by atoms with E-state index in [4.69, 9.17) is 5.73 Å². The molecule has 1 heterocycles. The first-order valence-corrected chi connectivity index (χ1v) is 4.73. The van der Waals surface area contributed by atoms with Crippen LogP contribution in [0, 0.1) is 0 Å². The summed E-state index contributed by atoms with van der Waals surface area (Å²) in [5.74, 6) is -0.495. The van der Waals surface area contributed by atoms with Crippen LogP contribution in [0.2, 0.25) is 0 Å². The van der Waals surface area contributed by atoms with Gasteiger partial charge in [-0.1, -0.05) is 0 Å². The van der Waals surface area contributed by atoms with E-state index in [0.717, 1.165) is 25.0 Å². The Labute approximate surface area is 81.5 Å². The highest BCUT2D eigenvalue weighted by atomic mass is 16.1. The maximum atomic E-state index is 11.7. The number of carbonyl (C=O) groups is 2. The molecule has 74 valence electrons. The Hall–Kier alpha value is -1.58. The number of H-pyrrole nitrogens is 1. The van der Waals surface area contributed by atoms with Crippen molar-refractivity contribution in [3.63, 3.8) is 0 Å². The number of nitrogens with one attached hydrogen (secondary N) is 1. The number of aromatic nitrogens is 1. The van der Waals surface area contributed by atoms with E-state index in [2.05, 4.69) is 4.98 Å². The van der Waals surface area contributed by atoms with E-state index in [1.807, 2.05) is 0 Å². The molecule has 0 aliphatic heterocycles. The molecule has 1 aromatic rings. The lowest BCUT2D eigenvalue weighted by Gasteiger charge is -1.98.